The molecule has 0 aromatic heterocycles. The second-order valence-corrected chi connectivity index (χ2v) is 6.95. The maximum Gasteiger partial charge on any atom is 0.441 e. The fourth-order valence-corrected chi connectivity index (χ4v) is 3.25. The molecule has 0 heterocycles. The lowest BCUT2D eigenvalue weighted by molar-refractivity contribution is -0.0327. The van der Waals surface area contributed by atoms with Crippen LogP contribution in [-0.4, -0.2) is 33.3 Å². The first kappa shape index (κ1) is 17.9. The molecule has 0 aliphatic rings. The number of rotatable bonds is 6. The number of anilines is 1. The molecule has 1 aromatic rings. The van der Waals surface area contributed by atoms with Crippen LogP contribution in [0.25, 0.3) is 0 Å². The first-order chi connectivity index (χ1) is 9.57. The SMILES string of the molecule is COc1cc(C)c(N)cc1S(=O)(=O)NCCSC(F)(F)F. The number of ether oxygens (including phenoxy) is 1. The molecule has 5 nitrogen and oxygen atoms in total. The molecule has 21 heavy (non-hydrogen) atoms. The fraction of sp³-hybridized carbons (Fsp3) is 0.455. The Morgan fingerprint density at radius 1 is 1.38 bits per heavy atom. The Morgan fingerprint density at radius 2 is 2.00 bits per heavy atom. The molecule has 1 rings (SSSR count). The number of nitrogens with two attached hydrogens (primary N) is 1. The van der Waals surface area contributed by atoms with Gasteiger partial charge in [-0.05, 0) is 36.4 Å². The van der Waals surface area contributed by atoms with E-state index in [1.54, 1.807) is 6.92 Å². The van der Waals surface area contributed by atoms with E-state index in [9.17, 15) is 21.6 Å². The Balaban J connectivity index is 2.86. The van der Waals surface area contributed by atoms with Crippen molar-refractivity contribution in [3.05, 3.63) is 17.7 Å². The minimum atomic E-state index is -4.39. The third kappa shape index (κ3) is 5.29. The summed E-state index contributed by atoms with van der Waals surface area (Å²) in [5.74, 6) is -0.343. The van der Waals surface area contributed by atoms with E-state index in [1.807, 2.05) is 0 Å². The van der Waals surface area contributed by atoms with Gasteiger partial charge in [0.2, 0.25) is 10.0 Å². The summed E-state index contributed by atoms with van der Waals surface area (Å²) in [6.45, 7) is 1.32. The second kappa shape index (κ2) is 6.75. The van der Waals surface area contributed by atoms with E-state index in [4.69, 9.17) is 10.5 Å². The zero-order chi connectivity index (χ0) is 16.3. The number of hydrogen-bond acceptors (Lipinski definition) is 5. The molecule has 0 saturated heterocycles. The quantitative estimate of drug-likeness (QED) is 0.610. The summed E-state index contributed by atoms with van der Waals surface area (Å²) in [6.07, 6.45) is 0. The Kier molecular flexibility index (Phi) is 5.76. The number of sulfonamides is 1. The minimum Gasteiger partial charge on any atom is -0.495 e. The number of thioether (sulfide) groups is 1. The number of methoxy groups -OCH3 is 1. The van der Waals surface area contributed by atoms with Crippen LogP contribution in [0.2, 0.25) is 0 Å². The Hall–Kier alpha value is -1.13. The van der Waals surface area contributed by atoms with Crippen LogP contribution < -0.4 is 15.2 Å². The zero-order valence-electron chi connectivity index (χ0n) is 11.3. The molecule has 120 valence electrons. The fourth-order valence-electron chi connectivity index (χ4n) is 1.47. The third-order valence-electron chi connectivity index (χ3n) is 2.50. The molecule has 10 heteroatoms. The molecule has 0 aliphatic heterocycles. The number of alkyl halides is 3. The summed E-state index contributed by atoms with van der Waals surface area (Å²) in [5, 5.41) is 0. The zero-order valence-corrected chi connectivity index (χ0v) is 13.0. The Bertz CT molecular complexity index is 603. The summed E-state index contributed by atoms with van der Waals surface area (Å²) in [7, 11) is -2.70. The maximum absolute atomic E-state index is 12.1. The summed E-state index contributed by atoms with van der Waals surface area (Å²) in [6, 6.07) is 2.67. The standard InChI is InChI=1S/C11H15F3N2O3S2/c1-7-5-9(19-2)10(6-8(7)15)21(17,18)16-3-4-20-11(12,13)14/h5-6,16H,3-4,15H2,1-2H3. The van der Waals surface area contributed by atoms with Crippen LogP contribution in [0.15, 0.2) is 17.0 Å². The third-order valence-corrected chi connectivity index (χ3v) is 4.72. The summed E-state index contributed by atoms with van der Waals surface area (Å²) in [4.78, 5) is -0.204. The van der Waals surface area contributed by atoms with Gasteiger partial charge >= 0.3 is 5.51 Å². The van der Waals surface area contributed by atoms with Gasteiger partial charge in [-0.25, -0.2) is 13.1 Å². The number of nitrogens with one attached hydrogen (secondary N) is 1. The maximum atomic E-state index is 12.1. The number of aryl methyl sites for hydroxylation is 1. The highest BCUT2D eigenvalue weighted by atomic mass is 32.2. The highest BCUT2D eigenvalue weighted by Gasteiger charge is 2.28. The van der Waals surface area contributed by atoms with E-state index < -0.39 is 21.3 Å². The van der Waals surface area contributed by atoms with Crippen molar-refractivity contribution in [3.63, 3.8) is 0 Å². The predicted octanol–water partition coefficient (Wildman–Crippen LogP) is 2.12. The van der Waals surface area contributed by atoms with Crippen molar-refractivity contribution < 1.29 is 26.3 Å². The molecule has 0 atom stereocenters. The number of hydrogen-bond donors (Lipinski definition) is 2. The smallest absolute Gasteiger partial charge is 0.441 e. The average Bonchev–Trinajstić information content (AvgIpc) is 2.36. The van der Waals surface area contributed by atoms with Gasteiger partial charge in [0.05, 0.1) is 7.11 Å². The van der Waals surface area contributed by atoms with Crippen molar-refractivity contribution in [1.82, 2.24) is 4.72 Å². The van der Waals surface area contributed by atoms with Gasteiger partial charge in [0.15, 0.2) is 0 Å². The van der Waals surface area contributed by atoms with Crippen molar-refractivity contribution in [2.45, 2.75) is 17.3 Å². The highest BCUT2D eigenvalue weighted by molar-refractivity contribution is 8.00. The van der Waals surface area contributed by atoms with Crippen molar-refractivity contribution in [2.24, 2.45) is 0 Å². The van der Waals surface area contributed by atoms with E-state index in [-0.39, 0.29) is 34.6 Å². The monoisotopic (exact) mass is 344 g/mol. The van der Waals surface area contributed by atoms with Gasteiger partial charge in [-0.1, -0.05) is 0 Å². The number of benzene rings is 1. The van der Waals surface area contributed by atoms with Gasteiger partial charge < -0.3 is 10.5 Å². The molecule has 0 spiro atoms. The van der Waals surface area contributed by atoms with Gasteiger partial charge in [0, 0.05) is 18.0 Å². The minimum absolute atomic E-state index is 0.0812. The van der Waals surface area contributed by atoms with Crippen molar-refractivity contribution in [2.75, 3.05) is 25.1 Å². The van der Waals surface area contributed by atoms with Crippen LogP contribution in [-0.2, 0) is 10.0 Å². The van der Waals surface area contributed by atoms with Crippen LogP contribution in [0.1, 0.15) is 5.56 Å². The summed E-state index contributed by atoms with van der Waals surface area (Å²) >= 11 is -0.298. The second-order valence-electron chi connectivity index (χ2n) is 4.05. The lowest BCUT2D eigenvalue weighted by atomic mass is 10.2. The van der Waals surface area contributed by atoms with Crippen LogP contribution >= 0.6 is 11.8 Å². The molecule has 0 bridgehead atoms. The Labute approximate surface area is 125 Å². The first-order valence-corrected chi connectivity index (χ1v) is 8.18. The molecule has 1 aromatic carbocycles. The molecule has 0 fully saturated rings. The van der Waals surface area contributed by atoms with E-state index in [0.29, 0.717) is 5.56 Å². The molecule has 0 saturated carbocycles. The Morgan fingerprint density at radius 3 is 2.52 bits per heavy atom. The number of halogens is 3. The van der Waals surface area contributed by atoms with Gasteiger partial charge in [0.1, 0.15) is 10.6 Å². The van der Waals surface area contributed by atoms with Gasteiger partial charge in [0.25, 0.3) is 0 Å². The van der Waals surface area contributed by atoms with Crippen LogP contribution in [0.5, 0.6) is 5.75 Å². The lowest BCUT2D eigenvalue weighted by Gasteiger charge is -2.13. The molecule has 3 N–H and O–H groups in total. The molecular formula is C11H15F3N2O3S2. The molecule has 0 amide bonds. The predicted molar refractivity (Wildman–Crippen MR) is 75.8 cm³/mol. The van der Waals surface area contributed by atoms with Crippen molar-refractivity contribution in [3.8, 4) is 5.75 Å². The molecule has 0 aliphatic carbocycles. The van der Waals surface area contributed by atoms with Gasteiger partial charge in [-0.3, -0.25) is 0 Å². The first-order valence-electron chi connectivity index (χ1n) is 5.71. The van der Waals surface area contributed by atoms with Gasteiger partial charge in [-0.15, -0.1) is 0 Å². The highest BCUT2D eigenvalue weighted by Crippen LogP contribution is 2.30. The molecular weight excluding hydrogens is 329 g/mol. The molecule has 0 unspecified atom stereocenters. The van der Waals surface area contributed by atoms with Gasteiger partial charge in [-0.2, -0.15) is 13.2 Å². The summed E-state index contributed by atoms with van der Waals surface area (Å²) in [5.41, 5.74) is 2.15. The summed E-state index contributed by atoms with van der Waals surface area (Å²) < 4.78 is 67.1. The normalized spacial score (nSPS) is 12.4. The van der Waals surface area contributed by atoms with E-state index in [1.165, 1.54) is 19.2 Å². The average molecular weight is 344 g/mol. The van der Waals surface area contributed by atoms with Crippen LogP contribution in [0, 0.1) is 6.92 Å². The van der Waals surface area contributed by atoms with E-state index in [2.05, 4.69) is 4.72 Å². The number of nitrogen functional groups attached to an aromatic ring is 1. The largest absolute Gasteiger partial charge is 0.495 e. The lowest BCUT2D eigenvalue weighted by Crippen LogP contribution is -2.27. The van der Waals surface area contributed by atoms with E-state index >= 15 is 0 Å². The van der Waals surface area contributed by atoms with Crippen LogP contribution in [0.3, 0.4) is 0 Å². The van der Waals surface area contributed by atoms with E-state index in [0.717, 1.165) is 0 Å². The molecule has 0 radical (unpaired) electrons. The topological polar surface area (TPSA) is 81.4 Å². The van der Waals surface area contributed by atoms with Crippen molar-refractivity contribution >= 4 is 27.5 Å². The van der Waals surface area contributed by atoms with Crippen molar-refractivity contribution in [1.29, 1.82) is 0 Å². The van der Waals surface area contributed by atoms with Crippen LogP contribution in [0.4, 0.5) is 18.9 Å².